The lowest BCUT2D eigenvalue weighted by Gasteiger charge is -2.26. The second kappa shape index (κ2) is 11.4. The number of nitrogens with zero attached hydrogens (tertiary/aromatic N) is 1. The van der Waals surface area contributed by atoms with Crippen LogP contribution in [-0.2, 0) is 0 Å². The van der Waals surface area contributed by atoms with Gasteiger partial charge in [0.25, 0.3) is 0 Å². The minimum atomic E-state index is 0.876. The molecule has 0 spiro atoms. The normalized spacial score (nSPS) is 12.3. The van der Waals surface area contributed by atoms with Gasteiger partial charge in [0.15, 0.2) is 0 Å². The van der Waals surface area contributed by atoms with E-state index >= 15 is 0 Å². The number of thiophene rings is 2. The van der Waals surface area contributed by atoms with Crippen LogP contribution >= 0.6 is 22.7 Å². The van der Waals surface area contributed by atoms with E-state index < -0.39 is 0 Å². The Kier molecular flexibility index (Phi) is 6.23. The summed E-state index contributed by atoms with van der Waals surface area (Å²) in [5.74, 6) is 0. The number of para-hydroxylation sites is 1. The van der Waals surface area contributed by atoms with Gasteiger partial charge >= 0.3 is 0 Å². The van der Waals surface area contributed by atoms with Crippen molar-refractivity contribution in [1.82, 2.24) is 0 Å². The van der Waals surface area contributed by atoms with E-state index in [9.17, 15) is 0 Å². The van der Waals surface area contributed by atoms with Crippen molar-refractivity contribution in [3.8, 4) is 33.4 Å². The lowest BCUT2D eigenvalue weighted by atomic mass is 9.93. The van der Waals surface area contributed by atoms with Gasteiger partial charge < -0.3 is 9.32 Å². The Morgan fingerprint density at radius 1 is 0.321 bits per heavy atom. The van der Waals surface area contributed by atoms with E-state index in [0.29, 0.717) is 0 Å². The Hall–Kier alpha value is -6.72. The van der Waals surface area contributed by atoms with Crippen LogP contribution < -0.4 is 4.90 Å². The molecule has 13 rings (SSSR count). The monoisotopic (exact) mass is 747 g/mol. The van der Waals surface area contributed by atoms with Crippen molar-refractivity contribution in [3.63, 3.8) is 0 Å². The summed E-state index contributed by atoms with van der Waals surface area (Å²) < 4.78 is 11.8. The van der Waals surface area contributed by atoms with E-state index in [1.807, 2.05) is 34.8 Å². The van der Waals surface area contributed by atoms with Gasteiger partial charge in [0, 0.05) is 79.6 Å². The molecule has 1 aliphatic carbocycles. The first-order valence-electron chi connectivity index (χ1n) is 19.0. The summed E-state index contributed by atoms with van der Waals surface area (Å²) in [4.78, 5) is 2.38. The molecule has 12 aromatic rings. The van der Waals surface area contributed by atoms with Crippen molar-refractivity contribution in [3.05, 3.63) is 176 Å². The molecule has 9 aromatic carbocycles. The SMILES string of the molecule is c1ccc(-c2cccc(N(c3cccc(-c4cc5sc6cccc7c6c5c5c4ccc4sc6cccc-7c6c45)c3)c3ccc4c(c3)oc3ccccc34)c2)cc1. The summed E-state index contributed by atoms with van der Waals surface area (Å²) in [7, 11) is 0. The minimum Gasteiger partial charge on any atom is -0.456 e. The Balaban J connectivity index is 1.07. The highest BCUT2D eigenvalue weighted by Crippen LogP contribution is 2.54. The van der Waals surface area contributed by atoms with E-state index in [0.717, 1.165) is 39.0 Å². The fraction of sp³-hybridized carbons (Fsp3) is 0. The maximum Gasteiger partial charge on any atom is 0.137 e. The van der Waals surface area contributed by atoms with Crippen molar-refractivity contribution < 1.29 is 4.42 Å². The van der Waals surface area contributed by atoms with Gasteiger partial charge in [-0.15, -0.1) is 22.7 Å². The zero-order valence-corrected chi connectivity index (χ0v) is 31.5. The first-order chi connectivity index (χ1) is 27.7. The third kappa shape index (κ3) is 4.25. The van der Waals surface area contributed by atoms with Gasteiger partial charge in [-0.05, 0) is 105 Å². The molecule has 0 unspecified atom stereocenters. The third-order valence-corrected chi connectivity index (χ3v) is 14.0. The predicted octanol–water partition coefficient (Wildman–Crippen LogP) is 16.3. The fourth-order valence-electron chi connectivity index (χ4n) is 9.38. The van der Waals surface area contributed by atoms with Crippen LogP contribution in [0.2, 0.25) is 0 Å². The van der Waals surface area contributed by atoms with Crippen LogP contribution in [0.4, 0.5) is 17.1 Å². The fourth-order valence-corrected chi connectivity index (χ4v) is 11.7. The highest BCUT2D eigenvalue weighted by molar-refractivity contribution is 7.27. The average molecular weight is 748 g/mol. The number of hydrogen-bond donors (Lipinski definition) is 0. The van der Waals surface area contributed by atoms with Crippen LogP contribution in [0.3, 0.4) is 0 Å². The van der Waals surface area contributed by atoms with Crippen molar-refractivity contribution in [2.75, 3.05) is 4.90 Å². The molecule has 0 saturated heterocycles. The molecular formula is C52H29NOS2. The zero-order valence-electron chi connectivity index (χ0n) is 29.9. The van der Waals surface area contributed by atoms with Gasteiger partial charge in [0.1, 0.15) is 11.2 Å². The molecule has 3 aromatic heterocycles. The van der Waals surface area contributed by atoms with Crippen molar-refractivity contribution in [2.24, 2.45) is 0 Å². The Morgan fingerprint density at radius 2 is 0.911 bits per heavy atom. The molecule has 0 saturated carbocycles. The van der Waals surface area contributed by atoms with Gasteiger partial charge in [0.2, 0.25) is 0 Å². The van der Waals surface area contributed by atoms with Crippen molar-refractivity contribution >= 4 is 113 Å². The lowest BCUT2D eigenvalue weighted by molar-refractivity contribution is 0.669. The molecule has 0 atom stereocenters. The number of hydrogen-bond acceptors (Lipinski definition) is 4. The molecule has 0 radical (unpaired) electrons. The first kappa shape index (κ1) is 30.6. The van der Waals surface area contributed by atoms with Crippen LogP contribution in [0.25, 0.3) is 106 Å². The van der Waals surface area contributed by atoms with Crippen LogP contribution in [-0.4, -0.2) is 0 Å². The van der Waals surface area contributed by atoms with Crippen molar-refractivity contribution in [1.29, 1.82) is 0 Å². The van der Waals surface area contributed by atoms with E-state index in [2.05, 4.69) is 169 Å². The summed E-state index contributed by atoms with van der Waals surface area (Å²) in [6.07, 6.45) is 0. The summed E-state index contributed by atoms with van der Waals surface area (Å²) >= 11 is 3.83. The highest BCUT2D eigenvalue weighted by atomic mass is 32.1. The van der Waals surface area contributed by atoms with Crippen LogP contribution in [0.15, 0.2) is 180 Å². The number of benzene rings is 9. The third-order valence-electron chi connectivity index (χ3n) is 11.8. The molecule has 1 aliphatic rings. The summed E-state index contributed by atoms with van der Waals surface area (Å²) in [5, 5.41) is 10.5. The first-order valence-corrected chi connectivity index (χ1v) is 20.6. The molecule has 56 heavy (non-hydrogen) atoms. The van der Waals surface area contributed by atoms with E-state index in [1.165, 1.54) is 84.5 Å². The smallest absolute Gasteiger partial charge is 0.137 e. The number of furan rings is 1. The van der Waals surface area contributed by atoms with Gasteiger partial charge in [-0.1, -0.05) is 103 Å². The summed E-state index contributed by atoms with van der Waals surface area (Å²) in [6.45, 7) is 0. The van der Waals surface area contributed by atoms with Gasteiger partial charge in [-0.25, -0.2) is 0 Å². The molecule has 0 fully saturated rings. The van der Waals surface area contributed by atoms with E-state index in [4.69, 9.17) is 4.42 Å². The number of anilines is 3. The second-order valence-corrected chi connectivity index (χ2v) is 17.0. The standard InChI is InChI=1S/C52H29NOS2/c1-2-10-30(11-3-1)31-12-6-14-33(26-31)53(35-22-23-37-36-16-4-5-19-42(36)54-43(37)28-35)34-15-7-13-32(27-34)41-29-47-52-49-39(18-9-21-45(49)56-47)38-17-8-20-44-48(38)51-46(55-44)25-24-40(41)50(51)52/h1-29H. The van der Waals surface area contributed by atoms with Crippen LogP contribution in [0.1, 0.15) is 0 Å². The average Bonchev–Trinajstić information content (AvgIpc) is 3.92. The van der Waals surface area contributed by atoms with Crippen LogP contribution in [0, 0.1) is 0 Å². The molecule has 2 nitrogen and oxygen atoms in total. The molecular weight excluding hydrogens is 719 g/mol. The van der Waals surface area contributed by atoms with E-state index in [-0.39, 0.29) is 0 Å². The molecule has 4 heteroatoms. The maximum atomic E-state index is 6.45. The Labute approximate surface area is 329 Å². The van der Waals surface area contributed by atoms with Gasteiger partial charge in [-0.3, -0.25) is 0 Å². The summed E-state index contributed by atoms with van der Waals surface area (Å²) in [5.41, 5.74) is 12.5. The Bertz CT molecular complexity index is 3580. The molecule has 0 N–H and O–H groups in total. The quantitative estimate of drug-likeness (QED) is 0.174. The molecule has 260 valence electrons. The Morgan fingerprint density at radius 3 is 1.71 bits per heavy atom. The summed E-state index contributed by atoms with van der Waals surface area (Å²) in [6, 6.07) is 64.4. The van der Waals surface area contributed by atoms with Gasteiger partial charge in [-0.2, -0.15) is 0 Å². The largest absolute Gasteiger partial charge is 0.456 e. The molecule has 0 aliphatic heterocycles. The second-order valence-electron chi connectivity index (χ2n) is 14.8. The zero-order chi connectivity index (χ0) is 36.5. The minimum absolute atomic E-state index is 0.876. The van der Waals surface area contributed by atoms with Gasteiger partial charge in [0.05, 0.1) is 0 Å². The number of fused-ring (bicyclic) bond motifs is 4. The maximum absolute atomic E-state index is 6.45. The molecule has 3 heterocycles. The number of rotatable bonds is 5. The van der Waals surface area contributed by atoms with E-state index in [1.54, 1.807) is 0 Å². The van der Waals surface area contributed by atoms with Crippen LogP contribution in [0.5, 0.6) is 0 Å². The van der Waals surface area contributed by atoms with Crippen molar-refractivity contribution in [2.45, 2.75) is 0 Å². The topological polar surface area (TPSA) is 16.4 Å². The molecule has 0 bridgehead atoms. The molecule has 0 amide bonds. The lowest BCUT2D eigenvalue weighted by Crippen LogP contribution is -2.10. The highest BCUT2D eigenvalue weighted by Gasteiger charge is 2.25. The predicted molar refractivity (Wildman–Crippen MR) is 242 cm³/mol.